The summed E-state index contributed by atoms with van der Waals surface area (Å²) in [7, 11) is -3.71. The lowest BCUT2D eigenvalue weighted by Gasteiger charge is -2.06. The highest BCUT2D eigenvalue weighted by atomic mass is 32.2. The van der Waals surface area contributed by atoms with E-state index in [0.29, 0.717) is 6.42 Å². The van der Waals surface area contributed by atoms with E-state index in [1.54, 1.807) is 6.20 Å². The molecule has 0 aliphatic heterocycles. The van der Waals surface area contributed by atoms with E-state index in [-0.39, 0.29) is 17.0 Å². The normalized spacial score (nSPS) is 11.4. The number of nitrogens with zero attached hydrogens (tertiary/aromatic N) is 1. The van der Waals surface area contributed by atoms with Crippen molar-refractivity contribution in [1.29, 1.82) is 0 Å². The molecule has 0 aliphatic rings. The van der Waals surface area contributed by atoms with Crippen molar-refractivity contribution in [1.82, 2.24) is 9.71 Å². The number of hydrogen-bond acceptors (Lipinski definition) is 5. The Bertz CT molecular complexity index is 696. The van der Waals surface area contributed by atoms with Crippen LogP contribution in [0, 0.1) is 0 Å². The fraction of sp³-hybridized carbons (Fsp3) is 0.167. The second kappa shape index (κ2) is 6.12. The molecule has 20 heavy (non-hydrogen) atoms. The molecule has 2 aromatic rings. The standard InChI is InChI=1S/C12H12N2O4S2/c15-12(16)9-2-1-3-10(8-9)20(17,18)14-5-4-11-13-6-7-19-11/h1-3,6-8,14H,4-5H2,(H,15,16). The Morgan fingerprint density at radius 3 is 2.85 bits per heavy atom. The number of rotatable bonds is 6. The molecule has 1 aromatic carbocycles. The third-order valence-corrected chi connectivity index (χ3v) is 4.80. The topological polar surface area (TPSA) is 96.4 Å². The first-order valence-electron chi connectivity index (χ1n) is 5.70. The van der Waals surface area contributed by atoms with Gasteiger partial charge in [-0.2, -0.15) is 0 Å². The van der Waals surface area contributed by atoms with E-state index < -0.39 is 16.0 Å². The Morgan fingerprint density at radius 1 is 1.40 bits per heavy atom. The minimum absolute atomic E-state index is 0.0588. The Balaban J connectivity index is 2.06. The molecule has 0 unspecified atom stereocenters. The molecule has 8 heteroatoms. The smallest absolute Gasteiger partial charge is 0.335 e. The number of sulfonamides is 1. The summed E-state index contributed by atoms with van der Waals surface area (Å²) in [6.45, 7) is 0.215. The Morgan fingerprint density at radius 2 is 2.20 bits per heavy atom. The Labute approximate surface area is 120 Å². The maximum atomic E-state index is 12.0. The molecule has 2 rings (SSSR count). The van der Waals surface area contributed by atoms with Gasteiger partial charge in [-0.1, -0.05) is 6.07 Å². The second-order valence-corrected chi connectivity index (χ2v) is 6.65. The van der Waals surface area contributed by atoms with Crippen molar-refractivity contribution >= 4 is 27.3 Å². The van der Waals surface area contributed by atoms with Crippen LogP contribution in [0.2, 0.25) is 0 Å². The lowest BCUT2D eigenvalue weighted by molar-refractivity contribution is 0.0696. The van der Waals surface area contributed by atoms with Gasteiger partial charge in [0.1, 0.15) is 0 Å². The van der Waals surface area contributed by atoms with E-state index in [1.807, 2.05) is 5.38 Å². The number of hydrogen-bond donors (Lipinski definition) is 2. The lowest BCUT2D eigenvalue weighted by Crippen LogP contribution is -2.26. The van der Waals surface area contributed by atoms with Crippen molar-refractivity contribution in [3.8, 4) is 0 Å². The van der Waals surface area contributed by atoms with Gasteiger partial charge in [-0.15, -0.1) is 11.3 Å². The first-order valence-corrected chi connectivity index (χ1v) is 8.07. The Kier molecular flexibility index (Phi) is 4.48. The second-order valence-electron chi connectivity index (χ2n) is 3.91. The van der Waals surface area contributed by atoms with E-state index in [0.717, 1.165) is 11.1 Å². The van der Waals surface area contributed by atoms with Crippen LogP contribution in [0.25, 0.3) is 0 Å². The molecule has 1 heterocycles. The van der Waals surface area contributed by atoms with Gasteiger partial charge in [0.05, 0.1) is 15.5 Å². The van der Waals surface area contributed by atoms with Gasteiger partial charge in [0.15, 0.2) is 0 Å². The first-order chi connectivity index (χ1) is 9.49. The van der Waals surface area contributed by atoms with Crippen molar-refractivity contribution in [2.75, 3.05) is 6.54 Å². The van der Waals surface area contributed by atoms with Crippen molar-refractivity contribution in [2.24, 2.45) is 0 Å². The monoisotopic (exact) mass is 312 g/mol. The van der Waals surface area contributed by atoms with Crippen LogP contribution in [0.4, 0.5) is 0 Å². The van der Waals surface area contributed by atoms with Gasteiger partial charge in [-0.25, -0.2) is 22.9 Å². The molecule has 0 fully saturated rings. The maximum absolute atomic E-state index is 12.0. The van der Waals surface area contributed by atoms with E-state index in [4.69, 9.17) is 5.11 Å². The number of carboxylic acids is 1. The molecular weight excluding hydrogens is 300 g/mol. The maximum Gasteiger partial charge on any atom is 0.335 e. The Hall–Kier alpha value is -1.77. The van der Waals surface area contributed by atoms with Crippen LogP contribution in [0.3, 0.4) is 0 Å². The van der Waals surface area contributed by atoms with Crippen LogP contribution in [0.1, 0.15) is 15.4 Å². The zero-order valence-electron chi connectivity index (χ0n) is 10.3. The molecule has 0 amide bonds. The number of carbonyl (C=O) groups is 1. The summed E-state index contributed by atoms with van der Waals surface area (Å²) >= 11 is 1.45. The zero-order valence-corrected chi connectivity index (χ0v) is 11.9. The minimum atomic E-state index is -3.71. The number of aromatic carboxylic acids is 1. The van der Waals surface area contributed by atoms with Gasteiger partial charge in [0.25, 0.3) is 0 Å². The SMILES string of the molecule is O=C(O)c1cccc(S(=O)(=O)NCCc2nccs2)c1. The summed E-state index contributed by atoms with van der Waals surface area (Å²) in [6, 6.07) is 5.24. The molecule has 6 nitrogen and oxygen atoms in total. The van der Waals surface area contributed by atoms with Crippen LogP contribution in [0.15, 0.2) is 40.7 Å². The van der Waals surface area contributed by atoms with Crippen LogP contribution in [-0.4, -0.2) is 31.0 Å². The minimum Gasteiger partial charge on any atom is -0.478 e. The summed E-state index contributed by atoms with van der Waals surface area (Å²) in [5.41, 5.74) is -0.0622. The highest BCUT2D eigenvalue weighted by Gasteiger charge is 2.15. The average molecular weight is 312 g/mol. The van der Waals surface area contributed by atoms with Crippen LogP contribution < -0.4 is 4.72 Å². The fourth-order valence-corrected chi connectivity index (χ4v) is 3.25. The number of carboxylic acid groups (broad SMARTS) is 1. The molecule has 0 radical (unpaired) electrons. The molecule has 1 aromatic heterocycles. The molecule has 2 N–H and O–H groups in total. The predicted molar refractivity (Wildman–Crippen MR) is 74.4 cm³/mol. The van der Waals surface area contributed by atoms with Gasteiger partial charge < -0.3 is 5.11 Å². The van der Waals surface area contributed by atoms with Gasteiger partial charge >= 0.3 is 5.97 Å². The molecule has 0 saturated carbocycles. The van der Waals surface area contributed by atoms with Crippen molar-refractivity contribution in [2.45, 2.75) is 11.3 Å². The molecule has 0 spiro atoms. The number of benzene rings is 1. The highest BCUT2D eigenvalue weighted by Crippen LogP contribution is 2.12. The van der Waals surface area contributed by atoms with E-state index in [2.05, 4.69) is 9.71 Å². The molecule has 106 valence electrons. The van der Waals surface area contributed by atoms with Crippen molar-refractivity contribution < 1.29 is 18.3 Å². The summed E-state index contributed by atoms with van der Waals surface area (Å²) in [5.74, 6) is -1.16. The summed E-state index contributed by atoms with van der Waals surface area (Å²) in [4.78, 5) is 14.8. The number of aromatic nitrogens is 1. The van der Waals surface area contributed by atoms with Gasteiger partial charge in [0, 0.05) is 24.5 Å². The summed E-state index contributed by atoms with van der Waals surface area (Å²) in [5, 5.41) is 11.5. The predicted octanol–water partition coefficient (Wildman–Crippen LogP) is 1.36. The van der Waals surface area contributed by atoms with E-state index >= 15 is 0 Å². The lowest BCUT2D eigenvalue weighted by atomic mass is 10.2. The average Bonchev–Trinajstić information content (AvgIpc) is 2.92. The summed E-state index contributed by atoms with van der Waals surface area (Å²) < 4.78 is 26.5. The summed E-state index contributed by atoms with van der Waals surface area (Å²) in [6.07, 6.45) is 2.15. The number of nitrogens with one attached hydrogen (secondary N) is 1. The van der Waals surface area contributed by atoms with Crippen molar-refractivity contribution in [3.05, 3.63) is 46.4 Å². The van der Waals surface area contributed by atoms with Gasteiger partial charge in [0.2, 0.25) is 10.0 Å². The first kappa shape index (κ1) is 14.6. The van der Waals surface area contributed by atoms with Gasteiger partial charge in [-0.05, 0) is 18.2 Å². The molecule has 0 bridgehead atoms. The molecule has 0 atom stereocenters. The van der Waals surface area contributed by atoms with E-state index in [9.17, 15) is 13.2 Å². The fourth-order valence-electron chi connectivity index (χ4n) is 1.55. The van der Waals surface area contributed by atoms with Crippen molar-refractivity contribution in [3.63, 3.8) is 0 Å². The highest BCUT2D eigenvalue weighted by molar-refractivity contribution is 7.89. The molecule has 0 saturated heterocycles. The third-order valence-electron chi connectivity index (χ3n) is 2.51. The molecule has 0 aliphatic carbocycles. The van der Waals surface area contributed by atoms with Crippen LogP contribution in [-0.2, 0) is 16.4 Å². The van der Waals surface area contributed by atoms with Crippen LogP contribution in [0.5, 0.6) is 0 Å². The van der Waals surface area contributed by atoms with Crippen LogP contribution >= 0.6 is 11.3 Å². The molecular formula is C12H12N2O4S2. The zero-order chi connectivity index (χ0) is 14.6. The number of thiazole rings is 1. The quantitative estimate of drug-likeness (QED) is 0.839. The largest absolute Gasteiger partial charge is 0.478 e. The van der Waals surface area contributed by atoms with Gasteiger partial charge in [-0.3, -0.25) is 0 Å². The third kappa shape index (κ3) is 3.62. The van der Waals surface area contributed by atoms with E-state index in [1.165, 1.54) is 29.5 Å².